The van der Waals surface area contributed by atoms with Crippen LogP contribution in [0.25, 0.3) is 0 Å². The number of aromatic nitrogens is 2. The molecular formula is C18H20N4O. The van der Waals surface area contributed by atoms with Gasteiger partial charge in [0.05, 0.1) is 5.69 Å². The van der Waals surface area contributed by atoms with Crippen molar-refractivity contribution in [3.63, 3.8) is 0 Å². The molecule has 1 N–H and O–H groups in total. The fourth-order valence-corrected chi connectivity index (χ4v) is 3.34. The first-order chi connectivity index (χ1) is 11.3. The van der Waals surface area contributed by atoms with Crippen LogP contribution in [0.4, 0.5) is 0 Å². The van der Waals surface area contributed by atoms with Gasteiger partial charge in [-0.05, 0) is 25.1 Å². The number of nitrogens with zero attached hydrogens (tertiary/aromatic N) is 3. The summed E-state index contributed by atoms with van der Waals surface area (Å²) in [5.41, 5.74) is 2.93. The van der Waals surface area contributed by atoms with Crippen LogP contribution in [0.2, 0.25) is 0 Å². The van der Waals surface area contributed by atoms with Crippen molar-refractivity contribution < 1.29 is 4.79 Å². The quantitative estimate of drug-likeness (QED) is 0.918. The highest BCUT2D eigenvalue weighted by Gasteiger charge is 2.25. The third-order valence-electron chi connectivity index (χ3n) is 4.69. The van der Waals surface area contributed by atoms with Gasteiger partial charge in [0.15, 0.2) is 0 Å². The van der Waals surface area contributed by atoms with E-state index in [0.717, 1.165) is 55.1 Å². The minimum absolute atomic E-state index is 0.0836. The Labute approximate surface area is 135 Å². The van der Waals surface area contributed by atoms with Crippen LogP contribution in [0, 0.1) is 0 Å². The van der Waals surface area contributed by atoms with Gasteiger partial charge in [-0.1, -0.05) is 18.2 Å². The van der Waals surface area contributed by atoms with E-state index in [1.807, 2.05) is 41.4 Å². The van der Waals surface area contributed by atoms with Crippen LogP contribution in [0.3, 0.4) is 0 Å². The Kier molecular flexibility index (Phi) is 3.79. The van der Waals surface area contributed by atoms with Gasteiger partial charge >= 0.3 is 0 Å². The van der Waals surface area contributed by atoms with Gasteiger partial charge in [0, 0.05) is 49.3 Å². The summed E-state index contributed by atoms with van der Waals surface area (Å²) in [6, 6.07) is 9.46. The number of amides is 1. The Bertz CT molecular complexity index is 710. The lowest BCUT2D eigenvalue weighted by Gasteiger charge is -2.28. The van der Waals surface area contributed by atoms with Gasteiger partial charge in [0.2, 0.25) is 0 Å². The van der Waals surface area contributed by atoms with Crippen molar-refractivity contribution in [2.45, 2.75) is 25.3 Å². The smallest absolute Gasteiger partial charge is 0.254 e. The van der Waals surface area contributed by atoms with Crippen molar-refractivity contribution in [2.75, 3.05) is 19.6 Å². The van der Waals surface area contributed by atoms with Gasteiger partial charge in [-0.2, -0.15) is 0 Å². The van der Waals surface area contributed by atoms with Crippen LogP contribution in [-0.2, 0) is 13.0 Å². The molecule has 0 radical (unpaired) electrons. The normalized spacial score (nSPS) is 20.3. The minimum atomic E-state index is 0.0836. The molecule has 1 fully saturated rings. The molecule has 0 saturated carbocycles. The summed E-state index contributed by atoms with van der Waals surface area (Å²) in [4.78, 5) is 23.8. The minimum Gasteiger partial charge on any atom is -0.334 e. The maximum atomic E-state index is 12.6. The van der Waals surface area contributed by atoms with Crippen LogP contribution >= 0.6 is 0 Å². The Morgan fingerprint density at radius 1 is 1.26 bits per heavy atom. The van der Waals surface area contributed by atoms with Crippen molar-refractivity contribution in [3.05, 3.63) is 59.2 Å². The molecule has 0 unspecified atom stereocenters. The molecule has 1 aromatic carbocycles. The van der Waals surface area contributed by atoms with E-state index in [2.05, 4.69) is 10.3 Å². The van der Waals surface area contributed by atoms with Crippen LogP contribution in [0.5, 0.6) is 0 Å². The fourth-order valence-electron chi connectivity index (χ4n) is 3.34. The monoisotopic (exact) mass is 308 g/mol. The van der Waals surface area contributed by atoms with Crippen molar-refractivity contribution in [2.24, 2.45) is 0 Å². The average Bonchev–Trinajstić information content (AvgIpc) is 3.15. The van der Waals surface area contributed by atoms with Crippen molar-refractivity contribution >= 4 is 5.91 Å². The SMILES string of the molecule is O=C(c1ccccc1)N1CCc2nc([C@@H]3CCNC3)ncc2C1. The predicted octanol–water partition coefficient (Wildman–Crippen LogP) is 1.75. The Hall–Kier alpha value is -2.27. The summed E-state index contributed by atoms with van der Waals surface area (Å²) in [6.45, 7) is 3.34. The largest absolute Gasteiger partial charge is 0.334 e. The van der Waals surface area contributed by atoms with E-state index in [4.69, 9.17) is 4.98 Å². The number of benzene rings is 1. The number of hydrogen-bond acceptors (Lipinski definition) is 4. The Morgan fingerprint density at radius 2 is 2.13 bits per heavy atom. The molecule has 1 amide bonds. The van der Waals surface area contributed by atoms with Gasteiger partial charge in [-0.25, -0.2) is 9.97 Å². The summed E-state index contributed by atoms with van der Waals surface area (Å²) < 4.78 is 0. The zero-order valence-electron chi connectivity index (χ0n) is 13.0. The fraction of sp³-hybridized carbons (Fsp3) is 0.389. The van der Waals surface area contributed by atoms with E-state index in [0.29, 0.717) is 12.5 Å². The molecule has 1 atom stereocenters. The van der Waals surface area contributed by atoms with E-state index in [1.54, 1.807) is 0 Å². The summed E-state index contributed by atoms with van der Waals surface area (Å²) in [5, 5.41) is 3.36. The molecule has 4 rings (SSSR count). The molecule has 1 aromatic heterocycles. The lowest BCUT2D eigenvalue weighted by molar-refractivity contribution is 0.0733. The van der Waals surface area contributed by atoms with Gasteiger partial charge in [-0.3, -0.25) is 4.79 Å². The number of carbonyl (C=O) groups is 1. The molecule has 23 heavy (non-hydrogen) atoms. The Morgan fingerprint density at radius 3 is 2.91 bits per heavy atom. The predicted molar refractivity (Wildman–Crippen MR) is 87.1 cm³/mol. The summed E-state index contributed by atoms with van der Waals surface area (Å²) >= 11 is 0. The first-order valence-corrected chi connectivity index (χ1v) is 8.21. The zero-order valence-corrected chi connectivity index (χ0v) is 13.0. The number of carbonyl (C=O) groups excluding carboxylic acids is 1. The number of rotatable bonds is 2. The topological polar surface area (TPSA) is 58.1 Å². The van der Waals surface area contributed by atoms with Crippen molar-refractivity contribution in [1.82, 2.24) is 20.2 Å². The summed E-state index contributed by atoms with van der Waals surface area (Å²) in [7, 11) is 0. The number of hydrogen-bond donors (Lipinski definition) is 1. The highest BCUT2D eigenvalue weighted by Crippen LogP contribution is 2.23. The van der Waals surface area contributed by atoms with Gasteiger partial charge < -0.3 is 10.2 Å². The molecule has 1 saturated heterocycles. The average molecular weight is 308 g/mol. The molecule has 2 aliphatic heterocycles. The first-order valence-electron chi connectivity index (χ1n) is 8.21. The van der Waals surface area contributed by atoms with Gasteiger partial charge in [0.1, 0.15) is 5.82 Å². The van der Waals surface area contributed by atoms with Crippen LogP contribution in [0.1, 0.15) is 39.8 Å². The van der Waals surface area contributed by atoms with E-state index in [-0.39, 0.29) is 5.91 Å². The molecule has 118 valence electrons. The maximum absolute atomic E-state index is 12.6. The molecule has 2 aromatic rings. The Balaban J connectivity index is 1.52. The van der Waals surface area contributed by atoms with Crippen LogP contribution in [0.15, 0.2) is 36.5 Å². The molecule has 0 bridgehead atoms. The zero-order chi connectivity index (χ0) is 15.6. The second kappa shape index (κ2) is 6.08. The standard InChI is InChI=1S/C18H20N4O/c23-18(13-4-2-1-3-5-13)22-9-7-16-15(12-22)11-20-17(21-16)14-6-8-19-10-14/h1-5,11,14,19H,6-10,12H2/t14-/m1/s1. The molecule has 0 aliphatic carbocycles. The number of fused-ring (bicyclic) bond motifs is 1. The highest BCUT2D eigenvalue weighted by molar-refractivity contribution is 5.94. The maximum Gasteiger partial charge on any atom is 0.254 e. The third-order valence-corrected chi connectivity index (χ3v) is 4.69. The second-order valence-corrected chi connectivity index (χ2v) is 6.23. The van der Waals surface area contributed by atoms with Crippen LogP contribution in [-0.4, -0.2) is 40.4 Å². The van der Waals surface area contributed by atoms with E-state index in [9.17, 15) is 4.79 Å². The second-order valence-electron chi connectivity index (χ2n) is 6.23. The molecular weight excluding hydrogens is 288 g/mol. The molecule has 5 nitrogen and oxygen atoms in total. The van der Waals surface area contributed by atoms with E-state index < -0.39 is 0 Å². The lowest BCUT2D eigenvalue weighted by Crippen LogP contribution is -2.36. The van der Waals surface area contributed by atoms with Crippen molar-refractivity contribution in [1.29, 1.82) is 0 Å². The van der Waals surface area contributed by atoms with Gasteiger partial charge in [0.25, 0.3) is 5.91 Å². The van der Waals surface area contributed by atoms with Crippen LogP contribution < -0.4 is 5.32 Å². The molecule has 0 spiro atoms. The molecule has 3 heterocycles. The summed E-state index contributed by atoms with van der Waals surface area (Å²) in [6.07, 6.45) is 3.83. The molecule has 5 heteroatoms. The number of nitrogens with one attached hydrogen (secondary N) is 1. The van der Waals surface area contributed by atoms with E-state index in [1.165, 1.54) is 0 Å². The van der Waals surface area contributed by atoms with E-state index >= 15 is 0 Å². The highest BCUT2D eigenvalue weighted by atomic mass is 16.2. The lowest BCUT2D eigenvalue weighted by atomic mass is 10.0. The molecule has 2 aliphatic rings. The summed E-state index contributed by atoms with van der Waals surface area (Å²) in [5.74, 6) is 1.47. The van der Waals surface area contributed by atoms with Crippen molar-refractivity contribution in [3.8, 4) is 0 Å². The third kappa shape index (κ3) is 2.84. The van der Waals surface area contributed by atoms with Gasteiger partial charge in [-0.15, -0.1) is 0 Å². The first kappa shape index (κ1) is 14.3.